The second kappa shape index (κ2) is 14.1. The van der Waals surface area contributed by atoms with Gasteiger partial charge in [-0.3, -0.25) is 14.2 Å². The van der Waals surface area contributed by atoms with Crippen LogP contribution in [-0.2, 0) is 46.8 Å². The molecule has 54 heavy (non-hydrogen) atoms. The third-order valence-electron chi connectivity index (χ3n) is 10.0. The van der Waals surface area contributed by atoms with Crippen LogP contribution in [0.25, 0.3) is 22.0 Å². The molecule has 3 aromatic heterocycles. The summed E-state index contributed by atoms with van der Waals surface area (Å²) in [5.41, 5.74) is 2.53. The Morgan fingerprint density at radius 2 is 1.80 bits per heavy atom. The number of para-hydroxylation sites is 1. The van der Waals surface area contributed by atoms with Gasteiger partial charge in [-0.15, -0.1) is 0 Å². The molecule has 3 heterocycles. The topological polar surface area (TPSA) is 120 Å². The molecule has 9 nitrogen and oxygen atoms in total. The summed E-state index contributed by atoms with van der Waals surface area (Å²) in [5, 5.41) is 19.7. The first-order valence-corrected chi connectivity index (χ1v) is 19.7. The Labute approximate surface area is 310 Å². The number of hydrogen-bond acceptors (Lipinski definition) is 7. The third-order valence-corrected chi connectivity index (χ3v) is 10.8. The lowest BCUT2D eigenvalue weighted by atomic mass is 9.86. The summed E-state index contributed by atoms with van der Waals surface area (Å²) in [6, 6.07) is 11.9. The number of aliphatic hydroxyl groups is 1. The van der Waals surface area contributed by atoms with Gasteiger partial charge in [-0.25, -0.2) is 31.0 Å². The van der Waals surface area contributed by atoms with E-state index < -0.39 is 39.4 Å². The molecule has 0 aliphatic heterocycles. The number of carbonyl (C=O) groups excluding carboxylic acids is 1. The third kappa shape index (κ3) is 7.98. The highest BCUT2D eigenvalue weighted by atomic mass is 32.2. The summed E-state index contributed by atoms with van der Waals surface area (Å²) in [6.07, 6.45) is 0.259. The number of alkyl halides is 2. The van der Waals surface area contributed by atoms with Gasteiger partial charge in [-0.2, -0.15) is 10.2 Å². The molecule has 1 saturated carbocycles. The highest BCUT2D eigenvalue weighted by Gasteiger charge is 2.46. The number of nitrogens with zero attached hydrogens (tertiary/aromatic N) is 5. The van der Waals surface area contributed by atoms with Crippen molar-refractivity contribution in [3.05, 3.63) is 99.8 Å². The first-order chi connectivity index (χ1) is 25.4. The van der Waals surface area contributed by atoms with Crippen LogP contribution in [0.5, 0.6) is 0 Å². The van der Waals surface area contributed by atoms with Crippen LogP contribution >= 0.6 is 0 Å². The molecule has 1 N–H and O–H groups in total. The van der Waals surface area contributed by atoms with Crippen molar-refractivity contribution in [3.8, 4) is 23.0 Å². The minimum atomic E-state index is -3.44. The summed E-state index contributed by atoms with van der Waals surface area (Å²) in [6.45, 7) is 2.76. The van der Waals surface area contributed by atoms with E-state index in [1.54, 1.807) is 36.0 Å². The van der Waals surface area contributed by atoms with Gasteiger partial charge in [-0.1, -0.05) is 24.1 Å². The number of benzene rings is 2. The molecule has 0 bridgehead atoms. The Hall–Kier alpha value is -4.87. The monoisotopic (exact) mass is 761 g/mol. The molecule has 7 rings (SSSR count). The minimum Gasteiger partial charge on any atom is -0.378 e. The smallest absolute Gasteiger partial charge is 0.282 e. The Morgan fingerprint density at radius 3 is 2.48 bits per heavy atom. The summed E-state index contributed by atoms with van der Waals surface area (Å²) in [4.78, 5) is 19.0. The maximum Gasteiger partial charge on any atom is 0.282 e. The molecule has 0 spiro atoms. The van der Waals surface area contributed by atoms with E-state index in [9.17, 15) is 35.9 Å². The number of carbonyl (C=O) groups is 1. The first-order valence-electron chi connectivity index (χ1n) is 17.7. The Bertz CT molecular complexity index is 2450. The number of aryl methyl sites for hydroxylation is 1. The molecule has 2 aliphatic carbocycles. The average molecular weight is 762 g/mol. The van der Waals surface area contributed by atoms with Crippen LogP contribution in [0.3, 0.4) is 0 Å². The van der Waals surface area contributed by atoms with Gasteiger partial charge in [0.2, 0.25) is 0 Å². The molecule has 0 amide bonds. The molecule has 0 radical (unpaired) electrons. The summed E-state index contributed by atoms with van der Waals surface area (Å²) in [5.74, 6) is 3.05. The molecule has 2 unspecified atom stereocenters. The molecule has 5 aromatic rings. The number of ketones is 1. The van der Waals surface area contributed by atoms with E-state index in [0.717, 1.165) is 25.2 Å². The molecule has 282 valence electrons. The average Bonchev–Trinajstić information content (AvgIpc) is 3.68. The molecule has 1 fully saturated rings. The number of fused-ring (bicyclic) bond motifs is 4. The molecule has 2 aromatic carbocycles. The van der Waals surface area contributed by atoms with Crippen LogP contribution in [0.2, 0.25) is 0 Å². The van der Waals surface area contributed by atoms with E-state index in [2.05, 4.69) is 22.0 Å². The lowest BCUT2D eigenvalue weighted by molar-refractivity contribution is -0.120. The van der Waals surface area contributed by atoms with Crippen LogP contribution in [0, 0.1) is 29.4 Å². The van der Waals surface area contributed by atoms with Gasteiger partial charge in [0.25, 0.3) is 6.43 Å². The number of pyridine rings is 1. The largest absolute Gasteiger partial charge is 0.378 e. The van der Waals surface area contributed by atoms with Crippen molar-refractivity contribution in [2.24, 2.45) is 13.0 Å². The highest BCUT2D eigenvalue weighted by Crippen LogP contribution is 2.55. The van der Waals surface area contributed by atoms with Crippen molar-refractivity contribution in [2.75, 3.05) is 6.26 Å². The minimum absolute atomic E-state index is 0.0340. The van der Waals surface area contributed by atoms with E-state index in [0.29, 0.717) is 57.0 Å². The predicted molar refractivity (Wildman–Crippen MR) is 194 cm³/mol. The molecular weight excluding hydrogens is 723 g/mol. The predicted octanol–water partition coefficient (Wildman–Crippen LogP) is 6.75. The zero-order valence-corrected chi connectivity index (χ0v) is 31.0. The van der Waals surface area contributed by atoms with E-state index in [-0.39, 0.29) is 53.8 Å². The van der Waals surface area contributed by atoms with Crippen LogP contribution in [0.4, 0.5) is 17.6 Å². The van der Waals surface area contributed by atoms with Crippen LogP contribution in [0.15, 0.2) is 48.5 Å². The Kier molecular flexibility index (Phi) is 9.77. The van der Waals surface area contributed by atoms with Crippen molar-refractivity contribution < 1.29 is 35.9 Å². The van der Waals surface area contributed by atoms with E-state index in [1.807, 2.05) is 6.07 Å². The molecule has 2 aliphatic rings. The highest BCUT2D eigenvalue weighted by molar-refractivity contribution is 7.89. The first kappa shape index (κ1) is 37.4. The van der Waals surface area contributed by atoms with Crippen LogP contribution in [0.1, 0.15) is 91.0 Å². The molecule has 3 atom stereocenters. The van der Waals surface area contributed by atoms with Crippen molar-refractivity contribution in [1.29, 1.82) is 0 Å². The maximum atomic E-state index is 14.6. The normalized spacial score (nSPS) is 17.2. The van der Waals surface area contributed by atoms with Gasteiger partial charge >= 0.3 is 0 Å². The zero-order valence-electron chi connectivity index (χ0n) is 30.2. The van der Waals surface area contributed by atoms with E-state index in [1.165, 1.54) is 30.7 Å². The van der Waals surface area contributed by atoms with Crippen molar-refractivity contribution in [1.82, 2.24) is 24.5 Å². The number of halogens is 4. The maximum absolute atomic E-state index is 14.6. The standard InChI is InChI=1S/C40H39F4N5O4S/c1-40(2,51)13-12-27-9-11-29(30-6-5-7-31-34(21-54(4,52)53)46-48(3)37(30)31)35(45-27)24(14-22-15-25(41)19-26(42)16-22)17-28(50)20-49-38-32(36(47-49)39(43)44)10-8-23-18-33(23)38/h5-7,9,11,15-16,19,23-24,33,39,51H,8,10,14,17-18,20-21H2,1-4H3/t23?,24-,33?/m1/s1. The van der Waals surface area contributed by atoms with Crippen molar-refractivity contribution in [3.63, 3.8) is 0 Å². The summed E-state index contributed by atoms with van der Waals surface area (Å²) >= 11 is 0. The second-order valence-electron chi connectivity index (χ2n) is 15.1. The Morgan fingerprint density at radius 1 is 1.06 bits per heavy atom. The molecule has 0 saturated heterocycles. The number of sulfone groups is 1. The number of rotatable bonds is 11. The van der Waals surface area contributed by atoms with Gasteiger partial charge in [0, 0.05) is 65.4 Å². The SMILES string of the molecule is Cn1nc(CS(C)(=O)=O)c2cccc(-c3ccc(C#CC(C)(C)O)nc3[C@@H](CC(=O)Cn3nc(C(F)F)c4c3C3CC3CC4)Cc3cc(F)cc(F)c3)c21. The van der Waals surface area contributed by atoms with Crippen molar-refractivity contribution >= 4 is 26.5 Å². The number of hydrogen-bond donors (Lipinski definition) is 1. The van der Waals surface area contributed by atoms with E-state index >= 15 is 0 Å². The van der Waals surface area contributed by atoms with Gasteiger partial charge in [0.15, 0.2) is 15.6 Å². The number of aromatic nitrogens is 5. The van der Waals surface area contributed by atoms with Gasteiger partial charge in [0.1, 0.15) is 28.6 Å². The summed E-state index contributed by atoms with van der Waals surface area (Å²) < 4.78 is 84.9. The lowest BCUT2D eigenvalue weighted by Gasteiger charge is -2.21. The fourth-order valence-electron chi connectivity index (χ4n) is 7.80. The van der Waals surface area contributed by atoms with Crippen LogP contribution < -0.4 is 0 Å². The summed E-state index contributed by atoms with van der Waals surface area (Å²) in [7, 11) is -1.75. The zero-order chi connectivity index (χ0) is 38.7. The lowest BCUT2D eigenvalue weighted by Crippen LogP contribution is -2.20. The van der Waals surface area contributed by atoms with Gasteiger partial charge in [0.05, 0.1) is 29.2 Å². The molecular formula is C40H39F4N5O4S. The van der Waals surface area contributed by atoms with Gasteiger partial charge in [-0.05, 0) is 81.2 Å². The van der Waals surface area contributed by atoms with Crippen LogP contribution in [-0.4, -0.2) is 55.7 Å². The quantitative estimate of drug-likeness (QED) is 0.117. The Balaban J connectivity index is 1.36. The van der Waals surface area contributed by atoms with E-state index in [4.69, 9.17) is 4.98 Å². The van der Waals surface area contributed by atoms with Gasteiger partial charge < -0.3 is 5.11 Å². The second-order valence-corrected chi connectivity index (χ2v) is 17.2. The fourth-order valence-corrected chi connectivity index (χ4v) is 8.51. The van der Waals surface area contributed by atoms with Crippen molar-refractivity contribution in [2.45, 2.75) is 82.1 Å². The molecule has 14 heteroatoms. The fraction of sp³-hybridized carbons (Fsp3) is 0.400. The number of Topliss-reactive ketones (excluding diaryl/α,β-unsaturated/α-hetero) is 1.